The van der Waals surface area contributed by atoms with E-state index in [2.05, 4.69) is 22.9 Å². The molecule has 0 saturated heterocycles. The van der Waals surface area contributed by atoms with E-state index in [-0.39, 0.29) is 30.1 Å². The molecular weight excluding hydrogens is 362 g/mol. The highest BCUT2D eigenvalue weighted by atomic mass is 35.5. The predicted molar refractivity (Wildman–Crippen MR) is 111 cm³/mol. The molecule has 0 heterocycles. The van der Waals surface area contributed by atoms with Crippen molar-refractivity contribution in [2.24, 2.45) is 11.8 Å². The lowest BCUT2D eigenvalue weighted by atomic mass is 10.1. The highest BCUT2D eigenvalue weighted by Gasteiger charge is 2.39. The van der Waals surface area contributed by atoms with E-state index in [1.165, 1.54) is 38.5 Å². The first-order valence-electron chi connectivity index (χ1n) is 10.1. The molecule has 0 aliphatic heterocycles. The third-order valence-corrected chi connectivity index (χ3v) is 5.54. The molecule has 3 N–H and O–H groups in total. The molecule has 0 aromatic heterocycles. The quantitative estimate of drug-likeness (QED) is 0.488. The Kier molecular flexibility index (Phi) is 8.58. The Labute approximate surface area is 168 Å². The van der Waals surface area contributed by atoms with E-state index in [0.717, 1.165) is 13.0 Å². The number of rotatable bonds is 7. The molecule has 3 rings (SSSR count). The van der Waals surface area contributed by atoms with Gasteiger partial charge in [0.2, 0.25) is 5.91 Å². The van der Waals surface area contributed by atoms with Crippen LogP contribution in [0.3, 0.4) is 0 Å². The fourth-order valence-electron chi connectivity index (χ4n) is 3.70. The number of halogens is 1. The highest BCUT2D eigenvalue weighted by molar-refractivity contribution is 5.98. The molecule has 1 aromatic rings. The Bertz CT molecular complexity index is 630. The molecule has 0 radical (unpaired) electrons. The lowest BCUT2D eigenvalue weighted by Crippen LogP contribution is -2.36. The average molecular weight is 394 g/mol. The van der Waals surface area contributed by atoms with Gasteiger partial charge in [0.1, 0.15) is 0 Å². The fourth-order valence-corrected chi connectivity index (χ4v) is 3.70. The molecule has 1 aromatic carbocycles. The van der Waals surface area contributed by atoms with Crippen LogP contribution in [0, 0.1) is 11.8 Å². The van der Waals surface area contributed by atoms with Crippen LogP contribution in [0.5, 0.6) is 0 Å². The van der Waals surface area contributed by atoms with Gasteiger partial charge in [-0.15, -0.1) is 12.4 Å². The van der Waals surface area contributed by atoms with Crippen molar-refractivity contribution in [2.45, 2.75) is 57.9 Å². The number of hydrogen-bond acceptors (Lipinski definition) is 3. The zero-order valence-electron chi connectivity index (χ0n) is 16.1. The Morgan fingerprint density at radius 3 is 2.44 bits per heavy atom. The molecule has 6 heteroatoms. The Hall–Kier alpha value is -1.59. The van der Waals surface area contributed by atoms with E-state index in [1.54, 1.807) is 12.1 Å². The smallest absolute Gasteiger partial charge is 0.251 e. The zero-order chi connectivity index (χ0) is 18.4. The molecule has 2 fully saturated rings. The van der Waals surface area contributed by atoms with Crippen molar-refractivity contribution in [3.63, 3.8) is 0 Å². The first-order chi connectivity index (χ1) is 12.6. The Morgan fingerprint density at radius 2 is 1.78 bits per heavy atom. The van der Waals surface area contributed by atoms with Crippen molar-refractivity contribution >= 4 is 29.9 Å². The summed E-state index contributed by atoms with van der Waals surface area (Å²) in [6.45, 7) is 3.50. The van der Waals surface area contributed by atoms with Crippen LogP contribution in [0.15, 0.2) is 24.3 Å². The van der Waals surface area contributed by atoms with Gasteiger partial charge in [0.15, 0.2) is 0 Å². The molecule has 2 saturated carbocycles. The van der Waals surface area contributed by atoms with Crippen molar-refractivity contribution in [2.75, 3.05) is 18.4 Å². The second kappa shape index (κ2) is 10.7. The number of hydrogen-bond donors (Lipinski definition) is 3. The van der Waals surface area contributed by atoms with Crippen molar-refractivity contribution in [3.05, 3.63) is 29.8 Å². The summed E-state index contributed by atoms with van der Waals surface area (Å²) in [5.41, 5.74) is 1.28. The highest BCUT2D eigenvalue weighted by Crippen LogP contribution is 2.38. The zero-order valence-corrected chi connectivity index (χ0v) is 16.9. The SMILES string of the molecule is CC1CC1C(=O)Nc1cccc(C(=O)NCCNC2CCCCCC2)c1.Cl. The van der Waals surface area contributed by atoms with Gasteiger partial charge >= 0.3 is 0 Å². The molecule has 2 aliphatic carbocycles. The van der Waals surface area contributed by atoms with E-state index in [0.29, 0.717) is 29.8 Å². The fraction of sp³-hybridized carbons (Fsp3) is 0.619. The minimum absolute atomic E-state index is 0. The van der Waals surface area contributed by atoms with E-state index in [1.807, 2.05) is 12.1 Å². The van der Waals surface area contributed by atoms with Gasteiger partial charge < -0.3 is 16.0 Å². The maximum Gasteiger partial charge on any atom is 0.251 e. The van der Waals surface area contributed by atoms with Gasteiger partial charge in [-0.05, 0) is 43.4 Å². The summed E-state index contributed by atoms with van der Waals surface area (Å²) in [4.78, 5) is 24.4. The molecule has 5 nitrogen and oxygen atoms in total. The van der Waals surface area contributed by atoms with Crippen molar-refractivity contribution in [1.29, 1.82) is 0 Å². The second-order valence-corrected chi connectivity index (χ2v) is 7.79. The van der Waals surface area contributed by atoms with E-state index < -0.39 is 0 Å². The van der Waals surface area contributed by atoms with Crippen molar-refractivity contribution < 1.29 is 9.59 Å². The second-order valence-electron chi connectivity index (χ2n) is 7.79. The Balaban J connectivity index is 0.00000261. The number of carbonyl (C=O) groups is 2. The summed E-state index contributed by atoms with van der Waals surface area (Å²) < 4.78 is 0. The number of anilines is 1. The normalized spacial score (nSPS) is 22.3. The molecule has 2 aliphatic rings. The minimum atomic E-state index is -0.0939. The van der Waals surface area contributed by atoms with E-state index in [4.69, 9.17) is 0 Å². The standard InChI is InChI=1S/C21H31N3O2.ClH/c1-15-13-19(15)21(26)24-18-10-6-7-16(14-18)20(25)23-12-11-22-17-8-4-2-3-5-9-17;/h6-7,10,14-15,17,19,22H,2-5,8-9,11-13H2,1H3,(H,23,25)(H,24,26);1H. The van der Waals surface area contributed by atoms with Crippen LogP contribution in [0.25, 0.3) is 0 Å². The van der Waals surface area contributed by atoms with Crippen LogP contribution in [0.2, 0.25) is 0 Å². The van der Waals surface area contributed by atoms with Gasteiger partial charge in [-0.1, -0.05) is 38.7 Å². The van der Waals surface area contributed by atoms with Gasteiger partial charge in [-0.2, -0.15) is 0 Å². The van der Waals surface area contributed by atoms with Gasteiger partial charge in [0.05, 0.1) is 0 Å². The first-order valence-corrected chi connectivity index (χ1v) is 10.1. The van der Waals surface area contributed by atoms with Crippen LogP contribution < -0.4 is 16.0 Å². The molecule has 2 atom stereocenters. The van der Waals surface area contributed by atoms with Crippen molar-refractivity contribution in [3.8, 4) is 0 Å². The molecule has 2 amide bonds. The lowest BCUT2D eigenvalue weighted by molar-refractivity contribution is -0.117. The molecule has 0 bridgehead atoms. The minimum Gasteiger partial charge on any atom is -0.351 e. The van der Waals surface area contributed by atoms with Gasteiger partial charge in [0.25, 0.3) is 5.91 Å². The van der Waals surface area contributed by atoms with E-state index in [9.17, 15) is 9.59 Å². The third-order valence-electron chi connectivity index (χ3n) is 5.54. The van der Waals surface area contributed by atoms with E-state index >= 15 is 0 Å². The first kappa shape index (κ1) is 21.7. The van der Waals surface area contributed by atoms with Crippen molar-refractivity contribution in [1.82, 2.24) is 10.6 Å². The maximum atomic E-state index is 12.3. The average Bonchev–Trinajstić information content (AvgIpc) is 3.41. The summed E-state index contributed by atoms with van der Waals surface area (Å²) in [7, 11) is 0. The van der Waals surface area contributed by atoms with Crippen LogP contribution in [-0.4, -0.2) is 30.9 Å². The summed E-state index contributed by atoms with van der Waals surface area (Å²) >= 11 is 0. The molecule has 2 unspecified atom stereocenters. The van der Waals surface area contributed by atoms with Crippen LogP contribution in [-0.2, 0) is 4.79 Å². The third kappa shape index (κ3) is 6.82. The van der Waals surface area contributed by atoms with Gasteiger partial charge in [0, 0.05) is 36.3 Å². The van der Waals surface area contributed by atoms with Crippen LogP contribution >= 0.6 is 12.4 Å². The summed E-state index contributed by atoms with van der Waals surface area (Å²) in [5.74, 6) is 0.566. The monoisotopic (exact) mass is 393 g/mol. The van der Waals surface area contributed by atoms with Gasteiger partial charge in [-0.3, -0.25) is 9.59 Å². The van der Waals surface area contributed by atoms with Crippen LogP contribution in [0.4, 0.5) is 5.69 Å². The summed E-state index contributed by atoms with van der Waals surface area (Å²) in [5, 5.41) is 9.43. The topological polar surface area (TPSA) is 70.2 Å². The Morgan fingerprint density at radius 1 is 1.07 bits per heavy atom. The number of benzene rings is 1. The molecule has 0 spiro atoms. The molecule has 150 valence electrons. The summed E-state index contributed by atoms with van der Waals surface area (Å²) in [6.07, 6.45) is 8.76. The van der Waals surface area contributed by atoms with Crippen LogP contribution in [0.1, 0.15) is 62.2 Å². The maximum absolute atomic E-state index is 12.3. The largest absolute Gasteiger partial charge is 0.351 e. The molecular formula is C21H32ClN3O2. The number of nitrogens with one attached hydrogen (secondary N) is 3. The predicted octanol–water partition coefficient (Wildman–Crippen LogP) is 3.75. The number of amides is 2. The number of carbonyl (C=O) groups excluding carboxylic acids is 2. The van der Waals surface area contributed by atoms with Gasteiger partial charge in [-0.25, -0.2) is 0 Å². The lowest BCUT2D eigenvalue weighted by Gasteiger charge is -2.16. The summed E-state index contributed by atoms with van der Waals surface area (Å²) in [6, 6.07) is 7.76. The molecule has 27 heavy (non-hydrogen) atoms.